The van der Waals surface area contributed by atoms with Gasteiger partial charge >= 0.3 is 0 Å². The molecule has 0 saturated heterocycles. The molecular weight excluding hydrogens is 380 g/mol. The van der Waals surface area contributed by atoms with Crippen molar-refractivity contribution in [2.24, 2.45) is 11.1 Å². The first kappa shape index (κ1) is 19.7. The Hall–Kier alpha value is -1.37. The van der Waals surface area contributed by atoms with Crippen molar-refractivity contribution in [2.45, 2.75) is 13.8 Å². The fourth-order valence-corrected chi connectivity index (χ4v) is 2.80. The zero-order valence-electron chi connectivity index (χ0n) is 13.5. The minimum atomic E-state index is -0.126. The molecule has 0 radical (unpaired) electrons. The van der Waals surface area contributed by atoms with Crippen LogP contribution in [0.5, 0.6) is 0 Å². The maximum Gasteiger partial charge on any atom is 0.272 e. The Morgan fingerprint density at radius 2 is 1.96 bits per heavy atom. The summed E-state index contributed by atoms with van der Waals surface area (Å²) in [5.41, 5.74) is 7.75. The van der Waals surface area contributed by atoms with Crippen molar-refractivity contribution in [1.29, 1.82) is 0 Å². The molecule has 0 aliphatic carbocycles. The second-order valence-electron chi connectivity index (χ2n) is 6.16. The van der Waals surface area contributed by atoms with Crippen molar-refractivity contribution in [1.82, 2.24) is 15.1 Å². The second kappa shape index (κ2) is 7.95. The van der Waals surface area contributed by atoms with Crippen LogP contribution in [0.25, 0.3) is 11.3 Å². The Kier molecular flexibility index (Phi) is 6.80. The van der Waals surface area contributed by atoms with Crippen LogP contribution in [0.1, 0.15) is 24.3 Å². The first-order valence-corrected chi connectivity index (χ1v) is 7.90. The highest BCUT2D eigenvalue weighted by atomic mass is 79.9. The smallest absolute Gasteiger partial charge is 0.272 e. The van der Waals surface area contributed by atoms with Crippen LogP contribution in [0.3, 0.4) is 0 Å². The van der Waals surface area contributed by atoms with E-state index in [2.05, 4.69) is 26.1 Å². The number of aromatic amines is 1. The highest BCUT2D eigenvalue weighted by molar-refractivity contribution is 9.10. The lowest BCUT2D eigenvalue weighted by atomic mass is 9.93. The number of rotatable bonds is 5. The standard InChI is InChI=1S/C16H21BrN4O.ClH/c1-16(2,9-18)10-21(3)15(22)14-12(17)13(19-20-14)11-7-5-4-6-8-11;/h4-8H,9-10,18H2,1-3H3,(H,19,20);1H. The molecule has 7 heteroatoms. The van der Waals surface area contributed by atoms with Crippen molar-refractivity contribution < 1.29 is 4.79 Å². The number of nitrogens with zero attached hydrogens (tertiary/aromatic N) is 2. The van der Waals surface area contributed by atoms with E-state index in [0.717, 1.165) is 11.3 Å². The molecule has 0 unspecified atom stereocenters. The van der Waals surface area contributed by atoms with Crippen LogP contribution in [0.4, 0.5) is 0 Å². The van der Waals surface area contributed by atoms with Crippen LogP contribution >= 0.6 is 28.3 Å². The lowest BCUT2D eigenvalue weighted by Gasteiger charge is -2.28. The molecule has 1 amide bonds. The number of benzene rings is 1. The van der Waals surface area contributed by atoms with Crippen molar-refractivity contribution in [2.75, 3.05) is 20.1 Å². The summed E-state index contributed by atoms with van der Waals surface area (Å²) >= 11 is 3.49. The number of H-pyrrole nitrogens is 1. The number of amides is 1. The van der Waals surface area contributed by atoms with Gasteiger partial charge in [-0.05, 0) is 27.9 Å². The third kappa shape index (κ3) is 4.56. The summed E-state index contributed by atoms with van der Waals surface area (Å²) in [4.78, 5) is 14.3. The Morgan fingerprint density at radius 1 is 1.35 bits per heavy atom. The molecule has 1 heterocycles. The third-order valence-corrected chi connectivity index (χ3v) is 4.30. The average Bonchev–Trinajstić information content (AvgIpc) is 2.88. The quantitative estimate of drug-likeness (QED) is 0.807. The molecule has 23 heavy (non-hydrogen) atoms. The predicted molar refractivity (Wildman–Crippen MR) is 98.8 cm³/mol. The molecule has 126 valence electrons. The fraction of sp³-hybridized carbons (Fsp3) is 0.375. The number of nitrogens with two attached hydrogens (primary N) is 1. The topological polar surface area (TPSA) is 75.0 Å². The summed E-state index contributed by atoms with van der Waals surface area (Å²) in [5, 5.41) is 7.10. The monoisotopic (exact) mass is 400 g/mol. The largest absolute Gasteiger partial charge is 0.340 e. The molecule has 1 aromatic heterocycles. The molecule has 3 N–H and O–H groups in total. The Labute approximate surface area is 151 Å². The van der Waals surface area contributed by atoms with Gasteiger partial charge in [0, 0.05) is 19.2 Å². The van der Waals surface area contributed by atoms with E-state index in [4.69, 9.17) is 5.73 Å². The molecule has 0 spiro atoms. The average molecular weight is 402 g/mol. The van der Waals surface area contributed by atoms with E-state index >= 15 is 0 Å². The van der Waals surface area contributed by atoms with Gasteiger partial charge in [-0.1, -0.05) is 44.2 Å². The second-order valence-corrected chi connectivity index (χ2v) is 6.95. The number of halogens is 2. The Bertz CT molecular complexity index is 657. The number of nitrogens with one attached hydrogen (secondary N) is 1. The molecule has 2 aromatic rings. The lowest BCUT2D eigenvalue weighted by molar-refractivity contribution is 0.0734. The fourth-order valence-electron chi connectivity index (χ4n) is 2.23. The van der Waals surface area contributed by atoms with Gasteiger partial charge in [0.2, 0.25) is 0 Å². The van der Waals surface area contributed by atoms with Crippen LogP contribution in [0, 0.1) is 5.41 Å². The molecular formula is C16H22BrClN4O. The normalized spacial score (nSPS) is 11.0. The Balaban J connectivity index is 0.00000264. The lowest BCUT2D eigenvalue weighted by Crippen LogP contribution is -2.40. The van der Waals surface area contributed by atoms with Crippen LogP contribution in [-0.2, 0) is 0 Å². The van der Waals surface area contributed by atoms with Gasteiger partial charge in [-0.2, -0.15) is 5.10 Å². The van der Waals surface area contributed by atoms with Crippen molar-refractivity contribution in [3.63, 3.8) is 0 Å². The summed E-state index contributed by atoms with van der Waals surface area (Å²) < 4.78 is 0.682. The first-order chi connectivity index (χ1) is 10.4. The van der Waals surface area contributed by atoms with Crippen molar-refractivity contribution in [3.05, 3.63) is 40.5 Å². The zero-order chi connectivity index (χ0) is 16.3. The van der Waals surface area contributed by atoms with Gasteiger partial charge in [0.05, 0.1) is 4.47 Å². The van der Waals surface area contributed by atoms with Crippen LogP contribution in [0.15, 0.2) is 34.8 Å². The number of hydrogen-bond acceptors (Lipinski definition) is 3. The minimum Gasteiger partial charge on any atom is -0.340 e. The molecule has 0 aliphatic heterocycles. The molecule has 5 nitrogen and oxygen atoms in total. The SMILES string of the molecule is CN(CC(C)(C)CN)C(=O)c1[nH]nc(-c2ccccc2)c1Br.Cl. The van der Waals surface area contributed by atoms with E-state index in [0.29, 0.717) is 23.3 Å². The van der Waals surface area contributed by atoms with E-state index in [9.17, 15) is 4.79 Å². The van der Waals surface area contributed by atoms with Gasteiger partial charge in [0.15, 0.2) is 0 Å². The molecule has 0 bridgehead atoms. The molecule has 0 atom stereocenters. The summed E-state index contributed by atoms with van der Waals surface area (Å²) in [6.07, 6.45) is 0. The van der Waals surface area contributed by atoms with Crippen molar-refractivity contribution >= 4 is 34.2 Å². The summed E-state index contributed by atoms with van der Waals surface area (Å²) in [5.74, 6) is -0.108. The van der Waals surface area contributed by atoms with Crippen LogP contribution < -0.4 is 5.73 Å². The highest BCUT2D eigenvalue weighted by Gasteiger charge is 2.25. The summed E-state index contributed by atoms with van der Waals surface area (Å²) in [7, 11) is 1.77. The molecule has 0 aliphatic rings. The van der Waals surface area contributed by atoms with E-state index in [1.807, 2.05) is 44.2 Å². The first-order valence-electron chi connectivity index (χ1n) is 7.10. The molecule has 1 aromatic carbocycles. The Morgan fingerprint density at radius 3 is 2.52 bits per heavy atom. The van der Waals surface area contributed by atoms with Gasteiger partial charge in [-0.15, -0.1) is 12.4 Å². The van der Waals surface area contributed by atoms with Crippen molar-refractivity contribution in [3.8, 4) is 11.3 Å². The van der Waals surface area contributed by atoms with Gasteiger partial charge in [0.25, 0.3) is 5.91 Å². The van der Waals surface area contributed by atoms with E-state index < -0.39 is 0 Å². The summed E-state index contributed by atoms with van der Waals surface area (Å²) in [6, 6.07) is 9.73. The van der Waals surface area contributed by atoms with Gasteiger partial charge in [0.1, 0.15) is 11.4 Å². The summed E-state index contributed by atoms with van der Waals surface area (Å²) in [6.45, 7) is 5.17. The minimum absolute atomic E-state index is 0. The number of aromatic nitrogens is 2. The van der Waals surface area contributed by atoms with Crippen LogP contribution in [0.2, 0.25) is 0 Å². The third-order valence-electron chi connectivity index (χ3n) is 3.53. The van der Waals surface area contributed by atoms with E-state index in [1.165, 1.54) is 0 Å². The predicted octanol–water partition coefficient (Wildman–Crippen LogP) is 3.32. The van der Waals surface area contributed by atoms with Gasteiger partial charge in [-0.3, -0.25) is 9.89 Å². The zero-order valence-corrected chi connectivity index (χ0v) is 15.9. The maximum atomic E-state index is 12.6. The number of carbonyl (C=O) groups is 1. The maximum absolute atomic E-state index is 12.6. The number of hydrogen-bond donors (Lipinski definition) is 2. The molecule has 0 saturated carbocycles. The number of carbonyl (C=O) groups excluding carboxylic acids is 1. The highest BCUT2D eigenvalue weighted by Crippen LogP contribution is 2.29. The molecule has 0 fully saturated rings. The van der Waals surface area contributed by atoms with Crippen LogP contribution in [-0.4, -0.2) is 41.1 Å². The molecule has 2 rings (SSSR count). The van der Waals surface area contributed by atoms with E-state index in [-0.39, 0.29) is 23.7 Å². The van der Waals surface area contributed by atoms with Gasteiger partial charge in [-0.25, -0.2) is 0 Å². The van der Waals surface area contributed by atoms with Gasteiger partial charge < -0.3 is 10.6 Å². The van der Waals surface area contributed by atoms with E-state index in [1.54, 1.807) is 11.9 Å².